The van der Waals surface area contributed by atoms with Crippen molar-refractivity contribution < 1.29 is 4.79 Å². The van der Waals surface area contributed by atoms with Gasteiger partial charge < -0.3 is 10.2 Å². The van der Waals surface area contributed by atoms with Gasteiger partial charge in [-0.25, -0.2) is 0 Å². The Morgan fingerprint density at radius 1 is 1.00 bits per heavy atom. The van der Waals surface area contributed by atoms with Gasteiger partial charge in [0.2, 0.25) is 5.91 Å². The number of para-hydroxylation sites is 1. The van der Waals surface area contributed by atoms with Gasteiger partial charge in [0.15, 0.2) is 0 Å². The summed E-state index contributed by atoms with van der Waals surface area (Å²) in [6.07, 6.45) is 4.81. The van der Waals surface area contributed by atoms with Gasteiger partial charge in [-0.1, -0.05) is 54.6 Å². The zero-order valence-electron chi connectivity index (χ0n) is 16.1. The molecule has 0 saturated carbocycles. The summed E-state index contributed by atoms with van der Waals surface area (Å²) in [6, 6.07) is 19.5. The Morgan fingerprint density at radius 3 is 2.43 bits per heavy atom. The van der Waals surface area contributed by atoms with Crippen LogP contribution in [0.2, 0.25) is 0 Å². The second-order valence-corrected chi connectivity index (χ2v) is 6.91. The van der Waals surface area contributed by atoms with E-state index in [0.29, 0.717) is 17.7 Å². The lowest BCUT2D eigenvalue weighted by atomic mass is 10.2. The summed E-state index contributed by atoms with van der Waals surface area (Å²) >= 11 is 0. The second kappa shape index (κ2) is 10.4. The van der Waals surface area contributed by atoms with Gasteiger partial charge in [-0.15, -0.1) is 0 Å². The molecule has 1 saturated heterocycles. The van der Waals surface area contributed by atoms with Gasteiger partial charge in [-0.3, -0.25) is 9.69 Å². The average Bonchev–Trinajstić information content (AvgIpc) is 2.74. The number of nitrogens with zero attached hydrogens (tertiary/aromatic N) is 3. The fourth-order valence-electron chi connectivity index (χ4n) is 3.26. The van der Waals surface area contributed by atoms with Gasteiger partial charge in [-0.2, -0.15) is 5.26 Å². The fourth-order valence-corrected chi connectivity index (χ4v) is 3.26. The van der Waals surface area contributed by atoms with Crippen molar-refractivity contribution in [2.24, 2.45) is 0 Å². The third-order valence-corrected chi connectivity index (χ3v) is 4.92. The van der Waals surface area contributed by atoms with Crippen molar-refractivity contribution in [1.82, 2.24) is 9.80 Å². The van der Waals surface area contributed by atoms with E-state index in [1.54, 1.807) is 18.2 Å². The summed E-state index contributed by atoms with van der Waals surface area (Å²) < 4.78 is 0. The van der Waals surface area contributed by atoms with Gasteiger partial charge in [0, 0.05) is 45.7 Å². The predicted octanol–water partition coefficient (Wildman–Crippen LogP) is 3.22. The monoisotopic (exact) mass is 374 g/mol. The van der Waals surface area contributed by atoms with E-state index >= 15 is 0 Å². The average molecular weight is 374 g/mol. The topological polar surface area (TPSA) is 59.4 Å². The molecular formula is C23H26N4O. The number of hydrogen-bond donors (Lipinski definition) is 1. The highest BCUT2D eigenvalue weighted by Gasteiger charge is 2.16. The number of carbonyl (C=O) groups is 1. The molecule has 2 aromatic carbocycles. The molecule has 1 amide bonds. The van der Waals surface area contributed by atoms with Crippen LogP contribution in [0.1, 0.15) is 17.5 Å². The lowest BCUT2D eigenvalue weighted by molar-refractivity contribution is -0.116. The summed E-state index contributed by atoms with van der Waals surface area (Å²) in [6.45, 7) is 5.67. The molecule has 0 bridgehead atoms. The van der Waals surface area contributed by atoms with Crippen molar-refractivity contribution in [3.63, 3.8) is 0 Å². The van der Waals surface area contributed by atoms with Crippen LogP contribution < -0.4 is 5.32 Å². The SMILES string of the molecule is N#Cc1ccccc1NC(=O)CCN1CCN(C/C=C/c2ccccc2)CC1. The molecule has 0 aliphatic carbocycles. The molecule has 1 fully saturated rings. The van der Waals surface area contributed by atoms with E-state index in [2.05, 4.69) is 45.5 Å². The van der Waals surface area contributed by atoms with E-state index in [1.165, 1.54) is 5.56 Å². The van der Waals surface area contributed by atoms with Crippen molar-refractivity contribution >= 4 is 17.7 Å². The number of nitriles is 1. The molecule has 0 atom stereocenters. The minimum absolute atomic E-state index is 0.0454. The van der Waals surface area contributed by atoms with Crippen LogP contribution in [0.5, 0.6) is 0 Å². The highest BCUT2D eigenvalue weighted by Crippen LogP contribution is 2.14. The Balaban J connectivity index is 1.36. The number of nitrogens with one attached hydrogen (secondary N) is 1. The van der Waals surface area contributed by atoms with Crippen LogP contribution in [-0.4, -0.2) is 55.0 Å². The van der Waals surface area contributed by atoms with Crippen LogP contribution in [0.3, 0.4) is 0 Å². The van der Waals surface area contributed by atoms with Gasteiger partial charge >= 0.3 is 0 Å². The first-order valence-corrected chi connectivity index (χ1v) is 9.70. The van der Waals surface area contributed by atoms with Crippen molar-refractivity contribution in [1.29, 1.82) is 5.26 Å². The number of hydrogen-bond acceptors (Lipinski definition) is 4. The molecule has 144 valence electrons. The predicted molar refractivity (Wildman–Crippen MR) is 113 cm³/mol. The minimum Gasteiger partial charge on any atom is -0.325 e. The molecule has 0 spiro atoms. The normalized spacial score (nSPS) is 15.4. The van der Waals surface area contributed by atoms with Crippen molar-refractivity contribution in [3.05, 3.63) is 71.8 Å². The Kier molecular flexibility index (Phi) is 7.36. The standard InChI is InChI=1S/C23H26N4O/c24-19-21-10-4-5-11-22(21)25-23(28)12-14-27-17-15-26(16-18-27)13-6-9-20-7-2-1-3-8-20/h1-11H,12-18H2,(H,25,28)/b9-6+. The first kappa shape index (κ1) is 19.8. The third-order valence-electron chi connectivity index (χ3n) is 4.92. The van der Waals surface area contributed by atoms with Gasteiger partial charge in [0.05, 0.1) is 11.3 Å². The lowest BCUT2D eigenvalue weighted by Gasteiger charge is -2.34. The number of amides is 1. The molecule has 0 radical (unpaired) electrons. The Hall–Kier alpha value is -2.94. The molecule has 28 heavy (non-hydrogen) atoms. The molecule has 1 aliphatic heterocycles. The minimum atomic E-state index is -0.0454. The van der Waals surface area contributed by atoms with E-state index in [4.69, 9.17) is 5.26 Å². The molecular weight excluding hydrogens is 348 g/mol. The smallest absolute Gasteiger partial charge is 0.225 e. The maximum atomic E-state index is 12.2. The number of carbonyl (C=O) groups excluding carboxylic acids is 1. The van der Waals surface area contributed by atoms with Crippen LogP contribution >= 0.6 is 0 Å². The zero-order valence-corrected chi connectivity index (χ0v) is 16.1. The van der Waals surface area contributed by atoms with Crippen LogP contribution in [0.25, 0.3) is 6.08 Å². The molecule has 1 aliphatic rings. The van der Waals surface area contributed by atoms with Crippen LogP contribution in [0.15, 0.2) is 60.7 Å². The van der Waals surface area contributed by atoms with Crippen molar-refractivity contribution in [3.8, 4) is 6.07 Å². The third kappa shape index (κ3) is 6.05. The maximum absolute atomic E-state index is 12.2. The molecule has 1 heterocycles. The Bertz CT molecular complexity index is 833. The molecule has 5 heteroatoms. The molecule has 1 N–H and O–H groups in total. The van der Waals surface area contributed by atoms with Crippen LogP contribution in [0, 0.1) is 11.3 Å². The molecule has 2 aromatic rings. The van der Waals surface area contributed by atoms with E-state index in [-0.39, 0.29) is 5.91 Å². The summed E-state index contributed by atoms with van der Waals surface area (Å²) in [5.74, 6) is -0.0454. The summed E-state index contributed by atoms with van der Waals surface area (Å²) in [5.41, 5.74) is 2.31. The highest BCUT2D eigenvalue weighted by atomic mass is 16.1. The van der Waals surface area contributed by atoms with E-state index < -0.39 is 0 Å². The Morgan fingerprint density at radius 2 is 1.68 bits per heavy atom. The summed E-state index contributed by atoms with van der Waals surface area (Å²) in [5, 5.41) is 11.9. The van der Waals surface area contributed by atoms with Crippen LogP contribution in [0.4, 0.5) is 5.69 Å². The van der Waals surface area contributed by atoms with Gasteiger partial charge in [0.25, 0.3) is 0 Å². The number of benzene rings is 2. The van der Waals surface area contributed by atoms with E-state index in [0.717, 1.165) is 39.3 Å². The largest absolute Gasteiger partial charge is 0.325 e. The Labute approximate surface area is 166 Å². The van der Waals surface area contributed by atoms with Gasteiger partial charge in [-0.05, 0) is 17.7 Å². The molecule has 3 rings (SSSR count). The van der Waals surface area contributed by atoms with E-state index in [9.17, 15) is 4.79 Å². The lowest BCUT2D eigenvalue weighted by Crippen LogP contribution is -2.46. The summed E-state index contributed by atoms with van der Waals surface area (Å²) in [4.78, 5) is 17.0. The number of anilines is 1. The highest BCUT2D eigenvalue weighted by molar-refractivity contribution is 5.92. The second-order valence-electron chi connectivity index (χ2n) is 6.91. The van der Waals surface area contributed by atoms with E-state index in [1.807, 2.05) is 24.3 Å². The van der Waals surface area contributed by atoms with Crippen molar-refractivity contribution in [2.75, 3.05) is 44.6 Å². The maximum Gasteiger partial charge on any atom is 0.225 e. The molecule has 0 unspecified atom stereocenters. The van der Waals surface area contributed by atoms with Crippen LogP contribution in [-0.2, 0) is 4.79 Å². The van der Waals surface area contributed by atoms with Gasteiger partial charge in [0.1, 0.15) is 6.07 Å². The first-order valence-electron chi connectivity index (χ1n) is 9.70. The number of rotatable bonds is 7. The van der Waals surface area contributed by atoms with Crippen molar-refractivity contribution in [2.45, 2.75) is 6.42 Å². The first-order chi connectivity index (χ1) is 13.7. The molecule has 0 aromatic heterocycles. The zero-order chi connectivity index (χ0) is 19.6. The quantitative estimate of drug-likeness (QED) is 0.808. The fraction of sp³-hybridized carbons (Fsp3) is 0.304. The molecule has 5 nitrogen and oxygen atoms in total. The number of piperazine rings is 1. The summed E-state index contributed by atoms with van der Waals surface area (Å²) in [7, 11) is 0.